The van der Waals surface area contributed by atoms with E-state index < -0.39 is 0 Å². The van der Waals surface area contributed by atoms with E-state index >= 15 is 0 Å². The summed E-state index contributed by atoms with van der Waals surface area (Å²) in [6, 6.07) is 7.55. The number of hydrogen-bond acceptors (Lipinski definition) is 2. The van der Waals surface area contributed by atoms with Gasteiger partial charge in [-0.1, -0.05) is 35.3 Å². The summed E-state index contributed by atoms with van der Waals surface area (Å²) < 4.78 is 1.82. The van der Waals surface area contributed by atoms with Crippen molar-refractivity contribution in [3.63, 3.8) is 0 Å². The maximum Gasteiger partial charge on any atom is 0.142 e. The van der Waals surface area contributed by atoms with Crippen LogP contribution in [0.2, 0.25) is 5.02 Å². The van der Waals surface area contributed by atoms with Crippen molar-refractivity contribution in [3.05, 3.63) is 40.2 Å². The number of aryl methyl sites for hydroxylation is 1. The van der Waals surface area contributed by atoms with Crippen LogP contribution < -0.4 is 5.49 Å². The van der Waals surface area contributed by atoms with Gasteiger partial charge in [0.15, 0.2) is 0 Å². The van der Waals surface area contributed by atoms with Gasteiger partial charge in [-0.2, -0.15) is 0 Å². The van der Waals surface area contributed by atoms with Gasteiger partial charge in [0.2, 0.25) is 0 Å². The highest BCUT2D eigenvalue weighted by molar-refractivity contribution is 7.04. The van der Waals surface area contributed by atoms with Crippen molar-refractivity contribution in [1.29, 1.82) is 5.41 Å². The second-order valence-corrected chi connectivity index (χ2v) is 4.42. The van der Waals surface area contributed by atoms with Crippen LogP contribution in [0.1, 0.15) is 0 Å². The predicted molar refractivity (Wildman–Crippen MR) is 59.6 cm³/mol. The van der Waals surface area contributed by atoms with E-state index in [0.29, 0.717) is 5.49 Å². The van der Waals surface area contributed by atoms with Crippen LogP contribution in [0.4, 0.5) is 0 Å². The molecule has 0 saturated heterocycles. The first-order valence-electron chi connectivity index (χ1n) is 4.14. The zero-order valence-electron chi connectivity index (χ0n) is 7.62. The van der Waals surface area contributed by atoms with E-state index in [4.69, 9.17) is 17.0 Å². The number of hydrogen-bond donors (Lipinski definition) is 1. The quantitative estimate of drug-likeness (QED) is 0.772. The molecular formula is C10H9ClN2S. The molecule has 2 rings (SSSR count). The van der Waals surface area contributed by atoms with Crippen LogP contribution >= 0.6 is 23.1 Å². The van der Waals surface area contributed by atoms with E-state index in [9.17, 15) is 0 Å². The van der Waals surface area contributed by atoms with Crippen molar-refractivity contribution in [1.82, 2.24) is 3.96 Å². The summed E-state index contributed by atoms with van der Waals surface area (Å²) in [5, 5.41) is 10.5. The van der Waals surface area contributed by atoms with Crippen LogP contribution in [-0.2, 0) is 7.05 Å². The van der Waals surface area contributed by atoms with E-state index in [0.717, 1.165) is 16.1 Å². The number of nitrogens with zero attached hydrogens (tertiary/aromatic N) is 1. The van der Waals surface area contributed by atoms with Crippen LogP contribution in [-0.4, -0.2) is 3.96 Å². The maximum atomic E-state index is 7.81. The first kappa shape index (κ1) is 9.49. The molecule has 4 heteroatoms. The van der Waals surface area contributed by atoms with Gasteiger partial charge in [-0.15, -0.1) is 0 Å². The molecule has 0 fully saturated rings. The minimum atomic E-state index is 0.539. The number of rotatable bonds is 1. The standard InChI is InChI=1S/C10H9ClN2S/c1-13-10(12)9(6-14-13)7-2-4-8(11)5-3-7/h2-6,12H,1H3. The zero-order valence-corrected chi connectivity index (χ0v) is 9.19. The fourth-order valence-electron chi connectivity index (χ4n) is 1.24. The summed E-state index contributed by atoms with van der Waals surface area (Å²) in [6.07, 6.45) is 0. The summed E-state index contributed by atoms with van der Waals surface area (Å²) in [4.78, 5) is 0. The molecule has 0 spiro atoms. The summed E-state index contributed by atoms with van der Waals surface area (Å²) in [6.45, 7) is 0. The van der Waals surface area contributed by atoms with Gasteiger partial charge < -0.3 is 0 Å². The minimum Gasteiger partial charge on any atom is -0.285 e. The third-order valence-corrected chi connectivity index (χ3v) is 3.15. The number of halogens is 1. The highest BCUT2D eigenvalue weighted by Crippen LogP contribution is 2.19. The molecule has 0 aliphatic rings. The van der Waals surface area contributed by atoms with Gasteiger partial charge in [0.1, 0.15) is 5.49 Å². The molecule has 72 valence electrons. The Morgan fingerprint density at radius 3 is 2.43 bits per heavy atom. The van der Waals surface area contributed by atoms with Gasteiger partial charge in [0, 0.05) is 23.0 Å². The van der Waals surface area contributed by atoms with Gasteiger partial charge >= 0.3 is 0 Å². The van der Waals surface area contributed by atoms with Crippen molar-refractivity contribution in [2.24, 2.45) is 7.05 Å². The lowest BCUT2D eigenvalue weighted by atomic mass is 10.1. The molecule has 1 aromatic heterocycles. The van der Waals surface area contributed by atoms with Gasteiger partial charge in [0.25, 0.3) is 0 Å². The predicted octanol–water partition coefficient (Wildman–Crippen LogP) is 2.89. The van der Waals surface area contributed by atoms with Crippen LogP contribution in [0.25, 0.3) is 11.1 Å². The van der Waals surface area contributed by atoms with E-state index in [1.165, 1.54) is 11.5 Å². The van der Waals surface area contributed by atoms with Gasteiger partial charge in [-0.25, -0.2) is 0 Å². The maximum absolute atomic E-state index is 7.81. The first-order chi connectivity index (χ1) is 6.68. The molecular weight excluding hydrogens is 216 g/mol. The fraction of sp³-hybridized carbons (Fsp3) is 0.100. The monoisotopic (exact) mass is 224 g/mol. The lowest BCUT2D eigenvalue weighted by Crippen LogP contribution is -2.10. The lowest BCUT2D eigenvalue weighted by molar-refractivity contribution is 0.923. The molecule has 0 aliphatic carbocycles. The summed E-state index contributed by atoms with van der Waals surface area (Å²) in [7, 11) is 1.88. The second-order valence-electron chi connectivity index (χ2n) is 2.99. The molecule has 0 saturated carbocycles. The molecule has 0 amide bonds. The lowest BCUT2D eigenvalue weighted by Gasteiger charge is -1.96. The second kappa shape index (κ2) is 3.59. The molecule has 1 heterocycles. The topological polar surface area (TPSA) is 28.8 Å². The average molecular weight is 225 g/mol. The molecule has 0 atom stereocenters. The van der Waals surface area contributed by atoms with Crippen LogP contribution in [0.3, 0.4) is 0 Å². The molecule has 0 aliphatic heterocycles. The Balaban J connectivity index is 2.55. The Morgan fingerprint density at radius 2 is 1.93 bits per heavy atom. The van der Waals surface area contributed by atoms with Crippen molar-refractivity contribution < 1.29 is 0 Å². The third-order valence-electron chi connectivity index (χ3n) is 2.05. The summed E-state index contributed by atoms with van der Waals surface area (Å²) in [5.74, 6) is 0. The van der Waals surface area contributed by atoms with Crippen molar-refractivity contribution in [2.45, 2.75) is 0 Å². The van der Waals surface area contributed by atoms with Gasteiger partial charge in [0.05, 0.1) is 0 Å². The normalized spacial score (nSPS) is 10.4. The van der Waals surface area contributed by atoms with Crippen molar-refractivity contribution in [3.8, 4) is 11.1 Å². The molecule has 2 nitrogen and oxygen atoms in total. The molecule has 1 N–H and O–H groups in total. The zero-order chi connectivity index (χ0) is 10.1. The summed E-state index contributed by atoms with van der Waals surface area (Å²) >= 11 is 7.32. The van der Waals surface area contributed by atoms with E-state index in [1.54, 1.807) is 0 Å². The Labute approximate surface area is 91.1 Å². The molecule has 0 unspecified atom stereocenters. The molecule has 0 radical (unpaired) electrons. The molecule has 2 aromatic rings. The first-order valence-corrected chi connectivity index (χ1v) is 5.35. The highest BCUT2D eigenvalue weighted by Gasteiger charge is 2.03. The number of benzene rings is 1. The fourth-order valence-corrected chi connectivity index (χ4v) is 2.09. The summed E-state index contributed by atoms with van der Waals surface area (Å²) in [5.41, 5.74) is 2.53. The largest absolute Gasteiger partial charge is 0.285 e. The van der Waals surface area contributed by atoms with Crippen molar-refractivity contribution in [2.75, 3.05) is 0 Å². The van der Waals surface area contributed by atoms with Crippen LogP contribution in [0, 0.1) is 5.41 Å². The Hall–Kier alpha value is -1.06. The Bertz CT molecular complexity index is 496. The SMILES string of the molecule is Cn1scc(-c2ccc(Cl)cc2)c1=N. The number of aromatic nitrogens is 1. The smallest absolute Gasteiger partial charge is 0.142 e. The van der Waals surface area contributed by atoms with Crippen LogP contribution in [0.15, 0.2) is 29.6 Å². The van der Waals surface area contributed by atoms with E-state index in [2.05, 4.69) is 0 Å². The van der Waals surface area contributed by atoms with Gasteiger partial charge in [-0.05, 0) is 17.7 Å². The Kier molecular flexibility index (Phi) is 2.44. The minimum absolute atomic E-state index is 0.539. The third kappa shape index (κ3) is 1.61. The Morgan fingerprint density at radius 1 is 1.29 bits per heavy atom. The van der Waals surface area contributed by atoms with E-state index in [1.807, 2.05) is 40.6 Å². The highest BCUT2D eigenvalue weighted by atomic mass is 35.5. The molecule has 0 bridgehead atoms. The van der Waals surface area contributed by atoms with E-state index in [-0.39, 0.29) is 0 Å². The molecule has 14 heavy (non-hydrogen) atoms. The van der Waals surface area contributed by atoms with Crippen LogP contribution in [0.5, 0.6) is 0 Å². The van der Waals surface area contributed by atoms with Gasteiger partial charge in [-0.3, -0.25) is 9.37 Å². The number of nitrogens with one attached hydrogen (secondary N) is 1. The average Bonchev–Trinajstić information content (AvgIpc) is 2.50. The van der Waals surface area contributed by atoms with Crippen molar-refractivity contribution >= 4 is 23.1 Å². The molecule has 1 aromatic carbocycles.